The number of piperazine rings is 1. The molecule has 0 radical (unpaired) electrons. The molecule has 0 saturated carbocycles. The Labute approximate surface area is 115 Å². The van der Waals surface area contributed by atoms with Gasteiger partial charge in [0.25, 0.3) is 0 Å². The summed E-state index contributed by atoms with van der Waals surface area (Å²) in [6.45, 7) is 10.7. The summed E-state index contributed by atoms with van der Waals surface area (Å²) in [4.78, 5) is 13.1. The van der Waals surface area contributed by atoms with Crippen LogP contribution < -0.4 is 4.90 Å². The predicted octanol–water partition coefficient (Wildman–Crippen LogP) is 1.01. The molecule has 1 unspecified atom stereocenters. The van der Waals surface area contributed by atoms with Crippen LogP contribution in [-0.4, -0.2) is 58.8 Å². The number of hydrogen-bond donors (Lipinski definition) is 1. The molecule has 0 amide bonds. The SMILES string of the molecule is CC(C)(C)C(O)CN1CCN(c2ncccn2)CC1. The molecular formula is C14H24N4O. The second kappa shape index (κ2) is 5.84. The van der Waals surface area contributed by atoms with Crippen molar-refractivity contribution in [1.82, 2.24) is 14.9 Å². The molecule has 1 aromatic rings. The highest BCUT2D eigenvalue weighted by Crippen LogP contribution is 2.20. The minimum Gasteiger partial charge on any atom is -0.391 e. The van der Waals surface area contributed by atoms with Crippen molar-refractivity contribution < 1.29 is 5.11 Å². The van der Waals surface area contributed by atoms with Gasteiger partial charge < -0.3 is 10.0 Å². The number of hydrogen-bond acceptors (Lipinski definition) is 5. The van der Waals surface area contributed by atoms with Gasteiger partial charge in [0.05, 0.1) is 6.10 Å². The van der Waals surface area contributed by atoms with Crippen LogP contribution in [0.3, 0.4) is 0 Å². The van der Waals surface area contributed by atoms with E-state index in [1.54, 1.807) is 12.4 Å². The lowest BCUT2D eigenvalue weighted by Gasteiger charge is -2.37. The van der Waals surface area contributed by atoms with E-state index in [1.807, 2.05) is 6.07 Å². The molecule has 5 heteroatoms. The minimum atomic E-state index is -0.285. The first-order chi connectivity index (χ1) is 8.97. The lowest BCUT2D eigenvalue weighted by Crippen LogP contribution is -2.50. The third-order valence-electron chi connectivity index (χ3n) is 3.64. The largest absolute Gasteiger partial charge is 0.391 e. The van der Waals surface area contributed by atoms with Gasteiger partial charge in [-0.05, 0) is 11.5 Å². The van der Waals surface area contributed by atoms with Gasteiger partial charge in [-0.15, -0.1) is 0 Å². The third-order valence-corrected chi connectivity index (χ3v) is 3.64. The molecule has 5 nitrogen and oxygen atoms in total. The number of aliphatic hydroxyl groups is 1. The molecule has 0 spiro atoms. The maximum Gasteiger partial charge on any atom is 0.225 e. The molecule has 1 fully saturated rings. The maximum atomic E-state index is 10.1. The van der Waals surface area contributed by atoms with Crippen molar-refractivity contribution in [3.05, 3.63) is 18.5 Å². The highest BCUT2D eigenvalue weighted by Gasteiger charge is 2.26. The highest BCUT2D eigenvalue weighted by atomic mass is 16.3. The normalized spacial score (nSPS) is 19.5. The van der Waals surface area contributed by atoms with Crippen LogP contribution in [0.4, 0.5) is 5.95 Å². The summed E-state index contributed by atoms with van der Waals surface area (Å²) in [5, 5.41) is 10.1. The van der Waals surface area contributed by atoms with Gasteiger partial charge >= 0.3 is 0 Å². The number of aromatic nitrogens is 2. The molecule has 1 aliphatic rings. The molecule has 0 aromatic carbocycles. The maximum absolute atomic E-state index is 10.1. The van der Waals surface area contributed by atoms with Crippen LogP contribution in [0.2, 0.25) is 0 Å². The van der Waals surface area contributed by atoms with Gasteiger partial charge in [-0.2, -0.15) is 0 Å². The Morgan fingerprint density at radius 2 is 1.74 bits per heavy atom. The smallest absolute Gasteiger partial charge is 0.225 e. The Hall–Kier alpha value is -1.20. The quantitative estimate of drug-likeness (QED) is 0.883. The number of rotatable bonds is 3. The number of anilines is 1. The average Bonchev–Trinajstić information content (AvgIpc) is 2.39. The van der Waals surface area contributed by atoms with E-state index in [0.717, 1.165) is 38.7 Å². The number of β-amino-alcohol motifs (C(OH)–C–C–N with tert-alkyl or cyclic N) is 1. The topological polar surface area (TPSA) is 52.5 Å². The summed E-state index contributed by atoms with van der Waals surface area (Å²) in [7, 11) is 0. The standard InChI is InChI=1S/C14H24N4O/c1-14(2,3)12(19)11-17-7-9-18(10-8-17)13-15-5-4-6-16-13/h4-6,12,19H,7-11H2,1-3H3. The van der Waals surface area contributed by atoms with Crippen molar-refractivity contribution in [3.8, 4) is 0 Å². The summed E-state index contributed by atoms with van der Waals surface area (Å²) in [6, 6.07) is 1.83. The first-order valence-corrected chi connectivity index (χ1v) is 6.89. The molecule has 1 N–H and O–H groups in total. The highest BCUT2D eigenvalue weighted by molar-refractivity contribution is 5.29. The first kappa shape index (κ1) is 14.2. The van der Waals surface area contributed by atoms with Crippen LogP contribution in [0.5, 0.6) is 0 Å². The molecular weight excluding hydrogens is 240 g/mol. The van der Waals surface area contributed by atoms with Crippen LogP contribution in [-0.2, 0) is 0 Å². The van der Waals surface area contributed by atoms with E-state index in [0.29, 0.717) is 0 Å². The second-order valence-corrected chi connectivity index (χ2v) is 6.22. The van der Waals surface area contributed by atoms with Gasteiger partial charge in [0.2, 0.25) is 5.95 Å². The lowest BCUT2D eigenvalue weighted by molar-refractivity contribution is 0.0269. The molecule has 1 aliphatic heterocycles. The molecule has 2 heterocycles. The molecule has 1 aromatic heterocycles. The van der Waals surface area contributed by atoms with E-state index >= 15 is 0 Å². The van der Waals surface area contributed by atoms with Crippen molar-refractivity contribution in [3.63, 3.8) is 0 Å². The van der Waals surface area contributed by atoms with E-state index < -0.39 is 0 Å². The molecule has 19 heavy (non-hydrogen) atoms. The summed E-state index contributed by atoms with van der Waals surface area (Å²) >= 11 is 0. The van der Waals surface area contributed by atoms with Gasteiger partial charge in [0, 0.05) is 45.1 Å². The summed E-state index contributed by atoms with van der Waals surface area (Å²) < 4.78 is 0. The van der Waals surface area contributed by atoms with Crippen molar-refractivity contribution >= 4 is 5.95 Å². The average molecular weight is 264 g/mol. The summed E-state index contributed by atoms with van der Waals surface area (Å²) in [5.74, 6) is 0.804. The second-order valence-electron chi connectivity index (χ2n) is 6.22. The van der Waals surface area contributed by atoms with Crippen LogP contribution in [0.15, 0.2) is 18.5 Å². The minimum absolute atomic E-state index is 0.0559. The van der Waals surface area contributed by atoms with Gasteiger partial charge in [0.1, 0.15) is 0 Å². The van der Waals surface area contributed by atoms with Crippen LogP contribution in [0.25, 0.3) is 0 Å². The fourth-order valence-corrected chi connectivity index (χ4v) is 2.10. The number of nitrogens with zero attached hydrogens (tertiary/aromatic N) is 4. The fourth-order valence-electron chi connectivity index (χ4n) is 2.10. The van der Waals surface area contributed by atoms with Crippen LogP contribution in [0, 0.1) is 5.41 Å². The Morgan fingerprint density at radius 3 is 2.26 bits per heavy atom. The zero-order valence-corrected chi connectivity index (χ0v) is 12.1. The van der Waals surface area contributed by atoms with E-state index in [2.05, 4.69) is 40.5 Å². The Balaban J connectivity index is 1.83. The van der Waals surface area contributed by atoms with Crippen molar-refractivity contribution in [2.24, 2.45) is 5.41 Å². The number of aliphatic hydroxyl groups excluding tert-OH is 1. The Bertz CT molecular complexity index is 382. The van der Waals surface area contributed by atoms with E-state index in [4.69, 9.17) is 0 Å². The van der Waals surface area contributed by atoms with Crippen molar-refractivity contribution in [1.29, 1.82) is 0 Å². The van der Waals surface area contributed by atoms with Gasteiger partial charge in [0.15, 0.2) is 0 Å². The Morgan fingerprint density at radius 1 is 1.16 bits per heavy atom. The Kier molecular flexibility index (Phi) is 4.37. The van der Waals surface area contributed by atoms with Gasteiger partial charge in [-0.25, -0.2) is 9.97 Å². The van der Waals surface area contributed by atoms with Gasteiger partial charge in [-0.1, -0.05) is 20.8 Å². The molecule has 2 rings (SSSR count). The van der Waals surface area contributed by atoms with Gasteiger partial charge in [-0.3, -0.25) is 4.90 Å². The van der Waals surface area contributed by atoms with E-state index in [-0.39, 0.29) is 11.5 Å². The summed E-state index contributed by atoms with van der Waals surface area (Å²) in [5.41, 5.74) is -0.0559. The third kappa shape index (κ3) is 3.88. The zero-order valence-electron chi connectivity index (χ0n) is 12.1. The van der Waals surface area contributed by atoms with Crippen LogP contribution >= 0.6 is 0 Å². The summed E-state index contributed by atoms with van der Waals surface area (Å²) in [6.07, 6.45) is 3.27. The van der Waals surface area contributed by atoms with Crippen molar-refractivity contribution in [2.45, 2.75) is 26.9 Å². The van der Waals surface area contributed by atoms with Crippen LogP contribution in [0.1, 0.15) is 20.8 Å². The predicted molar refractivity (Wildman–Crippen MR) is 76.1 cm³/mol. The monoisotopic (exact) mass is 264 g/mol. The molecule has 0 bridgehead atoms. The molecule has 1 atom stereocenters. The van der Waals surface area contributed by atoms with E-state index in [1.165, 1.54) is 0 Å². The molecule has 0 aliphatic carbocycles. The van der Waals surface area contributed by atoms with E-state index in [9.17, 15) is 5.11 Å². The molecule has 1 saturated heterocycles. The first-order valence-electron chi connectivity index (χ1n) is 6.89. The lowest BCUT2D eigenvalue weighted by atomic mass is 9.89. The zero-order chi connectivity index (χ0) is 13.9. The molecule has 106 valence electrons. The van der Waals surface area contributed by atoms with Crippen molar-refractivity contribution in [2.75, 3.05) is 37.6 Å². The fraction of sp³-hybridized carbons (Fsp3) is 0.714.